The quantitative estimate of drug-likeness (QED) is 0.616. The molecule has 1 unspecified atom stereocenters. The molecule has 0 spiro atoms. The van der Waals surface area contributed by atoms with Crippen LogP contribution in [0.5, 0.6) is 0 Å². The van der Waals surface area contributed by atoms with E-state index < -0.39 is 6.10 Å². The highest BCUT2D eigenvalue weighted by Gasteiger charge is 2.52. The van der Waals surface area contributed by atoms with Gasteiger partial charge in [0, 0.05) is 34.8 Å². The van der Waals surface area contributed by atoms with Crippen LogP contribution in [0.1, 0.15) is 38.1 Å². The van der Waals surface area contributed by atoms with E-state index in [4.69, 9.17) is 4.98 Å². The average Bonchev–Trinajstić information content (AvgIpc) is 3.18. The second kappa shape index (κ2) is 7.10. The predicted molar refractivity (Wildman–Crippen MR) is 116 cm³/mol. The van der Waals surface area contributed by atoms with Crippen LogP contribution in [0.4, 0.5) is 0 Å². The number of nitrogens with zero attached hydrogens (tertiary/aromatic N) is 3. The minimum atomic E-state index is -0.592. The zero-order valence-corrected chi connectivity index (χ0v) is 17.4. The lowest BCUT2D eigenvalue weighted by Crippen LogP contribution is -2.49. The summed E-state index contributed by atoms with van der Waals surface area (Å²) in [5.74, 6) is 1.30. The van der Waals surface area contributed by atoms with Gasteiger partial charge in [0.25, 0.3) is 0 Å². The van der Waals surface area contributed by atoms with Crippen molar-refractivity contribution in [3.8, 4) is 17.1 Å². The van der Waals surface area contributed by atoms with Gasteiger partial charge in [0.15, 0.2) is 0 Å². The van der Waals surface area contributed by atoms with Crippen LogP contribution in [0, 0.1) is 11.8 Å². The van der Waals surface area contributed by atoms with Gasteiger partial charge in [0.2, 0.25) is 0 Å². The van der Waals surface area contributed by atoms with E-state index in [2.05, 4.69) is 47.7 Å². The van der Waals surface area contributed by atoms with Crippen LogP contribution in [0.3, 0.4) is 0 Å². The van der Waals surface area contributed by atoms with Crippen LogP contribution in [0.25, 0.3) is 17.1 Å². The molecule has 154 valence electrons. The number of para-hydroxylation sites is 1. The van der Waals surface area contributed by atoms with Gasteiger partial charge in [-0.15, -0.1) is 0 Å². The van der Waals surface area contributed by atoms with Gasteiger partial charge in [-0.2, -0.15) is 0 Å². The number of hydrogen-bond donors (Lipinski definition) is 2. The molecule has 0 aliphatic heterocycles. The van der Waals surface area contributed by atoms with Crippen LogP contribution in [-0.2, 0) is 11.8 Å². The molecular formula is C25H27N3O2. The fourth-order valence-corrected chi connectivity index (χ4v) is 5.74. The molecule has 2 aliphatic carbocycles. The summed E-state index contributed by atoms with van der Waals surface area (Å²) >= 11 is 0. The predicted octanol–water partition coefficient (Wildman–Crippen LogP) is 4.60. The average molecular weight is 402 g/mol. The zero-order chi connectivity index (χ0) is 20.9. The van der Waals surface area contributed by atoms with E-state index in [1.165, 1.54) is 5.69 Å². The number of aliphatic hydroxyl groups excluding tert-OH is 2. The number of benzene rings is 1. The van der Waals surface area contributed by atoms with Crippen LogP contribution >= 0.6 is 0 Å². The van der Waals surface area contributed by atoms with Gasteiger partial charge >= 0.3 is 0 Å². The number of imidazole rings is 1. The van der Waals surface area contributed by atoms with Gasteiger partial charge in [0.1, 0.15) is 5.82 Å². The molecule has 3 aromatic rings. The summed E-state index contributed by atoms with van der Waals surface area (Å²) in [7, 11) is 0. The van der Waals surface area contributed by atoms with Gasteiger partial charge < -0.3 is 10.2 Å². The van der Waals surface area contributed by atoms with E-state index in [9.17, 15) is 10.2 Å². The van der Waals surface area contributed by atoms with E-state index in [0.29, 0.717) is 17.9 Å². The summed E-state index contributed by atoms with van der Waals surface area (Å²) < 4.78 is 2.28. The molecule has 0 saturated heterocycles. The molecule has 1 fully saturated rings. The molecule has 2 N–H and O–H groups in total. The first-order valence-electron chi connectivity index (χ1n) is 10.6. The summed E-state index contributed by atoms with van der Waals surface area (Å²) in [5.41, 5.74) is 4.92. The van der Waals surface area contributed by atoms with E-state index >= 15 is 0 Å². The Morgan fingerprint density at radius 2 is 1.87 bits per heavy atom. The van der Waals surface area contributed by atoms with Gasteiger partial charge in [-0.1, -0.05) is 32.0 Å². The molecular weight excluding hydrogens is 374 g/mol. The number of aromatic nitrogens is 3. The van der Waals surface area contributed by atoms with Crippen molar-refractivity contribution in [2.24, 2.45) is 11.8 Å². The summed E-state index contributed by atoms with van der Waals surface area (Å²) in [6.45, 7) is 4.35. The summed E-state index contributed by atoms with van der Waals surface area (Å²) in [5, 5.41) is 20.5. The summed E-state index contributed by atoms with van der Waals surface area (Å²) in [4.78, 5) is 9.40. The molecule has 0 bridgehead atoms. The van der Waals surface area contributed by atoms with E-state index in [1.54, 1.807) is 12.4 Å². The smallest absolute Gasteiger partial charge is 0.145 e. The minimum absolute atomic E-state index is 0.0709. The highest BCUT2D eigenvalue weighted by Crippen LogP contribution is 2.54. The van der Waals surface area contributed by atoms with Crippen molar-refractivity contribution in [3.05, 3.63) is 78.1 Å². The molecule has 2 aromatic heterocycles. The molecule has 2 aliphatic rings. The molecule has 1 saturated carbocycles. The third-order valence-electron chi connectivity index (χ3n) is 7.23. The number of aliphatic hydroxyl groups is 2. The van der Waals surface area contributed by atoms with Crippen molar-refractivity contribution in [3.63, 3.8) is 0 Å². The molecule has 0 radical (unpaired) electrons. The molecule has 5 heteroatoms. The first kappa shape index (κ1) is 19.1. The lowest BCUT2D eigenvalue weighted by Gasteiger charge is -2.50. The third-order valence-corrected chi connectivity index (χ3v) is 7.23. The van der Waals surface area contributed by atoms with E-state index in [-0.39, 0.29) is 11.3 Å². The molecule has 4 atom stereocenters. The minimum Gasteiger partial charge on any atom is -0.516 e. The SMILES string of the molecule is C[C@@H]1C(O)/C(=C\O)C[C@]2(C)c3nc(-c4ccncc4)n(-c4ccccc4)c3CC[C@@H]12. The maximum atomic E-state index is 10.7. The van der Waals surface area contributed by atoms with E-state index in [0.717, 1.165) is 41.9 Å². The van der Waals surface area contributed by atoms with Gasteiger partial charge in [-0.25, -0.2) is 4.98 Å². The first-order valence-corrected chi connectivity index (χ1v) is 10.6. The van der Waals surface area contributed by atoms with Crippen LogP contribution in [-0.4, -0.2) is 30.9 Å². The standard InChI is InChI=1S/C25H27N3O2/c1-16-20-8-9-21-23(25(20,2)14-18(15-29)22(16)30)27-24(17-10-12-26-13-11-17)28(21)19-6-4-3-5-7-19/h3-7,10-13,15-16,20,22,29-30H,8-9,14H2,1-2H3/b18-15-/t16-,20-,22?,25-/m0/s1. The highest BCUT2D eigenvalue weighted by atomic mass is 16.3. The van der Waals surface area contributed by atoms with Crippen molar-refractivity contribution < 1.29 is 10.2 Å². The normalized spacial score (nSPS) is 29.4. The van der Waals surface area contributed by atoms with Crippen molar-refractivity contribution in [2.45, 2.75) is 44.6 Å². The third kappa shape index (κ3) is 2.72. The fraction of sp³-hybridized carbons (Fsp3) is 0.360. The Bertz CT molecular complexity index is 1090. The Morgan fingerprint density at radius 1 is 1.13 bits per heavy atom. The van der Waals surface area contributed by atoms with Crippen LogP contribution in [0.15, 0.2) is 66.7 Å². The summed E-state index contributed by atoms with van der Waals surface area (Å²) in [6, 6.07) is 14.4. The molecule has 5 rings (SSSR count). The fourth-order valence-electron chi connectivity index (χ4n) is 5.74. The lowest BCUT2D eigenvalue weighted by atomic mass is 9.55. The number of rotatable bonds is 2. The Labute approximate surface area is 176 Å². The second-order valence-corrected chi connectivity index (χ2v) is 8.88. The van der Waals surface area contributed by atoms with Gasteiger partial charge in [0.05, 0.1) is 18.1 Å². The molecule has 2 heterocycles. The Morgan fingerprint density at radius 3 is 2.57 bits per heavy atom. The monoisotopic (exact) mass is 401 g/mol. The molecule has 30 heavy (non-hydrogen) atoms. The van der Waals surface area contributed by atoms with Crippen LogP contribution in [0.2, 0.25) is 0 Å². The molecule has 0 amide bonds. The zero-order valence-electron chi connectivity index (χ0n) is 17.4. The van der Waals surface area contributed by atoms with Crippen molar-refractivity contribution in [1.29, 1.82) is 0 Å². The number of fused-ring (bicyclic) bond motifs is 3. The number of hydrogen-bond acceptors (Lipinski definition) is 4. The number of pyridine rings is 1. The Hall–Kier alpha value is -2.92. The summed E-state index contributed by atoms with van der Waals surface area (Å²) in [6.07, 6.45) is 6.64. The topological polar surface area (TPSA) is 71.2 Å². The van der Waals surface area contributed by atoms with Gasteiger partial charge in [-0.05, 0) is 60.9 Å². The van der Waals surface area contributed by atoms with E-state index in [1.807, 2.05) is 18.2 Å². The highest BCUT2D eigenvalue weighted by molar-refractivity contribution is 5.61. The maximum absolute atomic E-state index is 10.7. The molecule has 1 aromatic carbocycles. The lowest BCUT2D eigenvalue weighted by molar-refractivity contribution is 0.0283. The Kier molecular flexibility index (Phi) is 4.51. The van der Waals surface area contributed by atoms with Crippen molar-refractivity contribution in [1.82, 2.24) is 14.5 Å². The second-order valence-electron chi connectivity index (χ2n) is 8.88. The Balaban J connectivity index is 1.75. The van der Waals surface area contributed by atoms with Crippen molar-refractivity contribution in [2.75, 3.05) is 0 Å². The maximum Gasteiger partial charge on any atom is 0.145 e. The van der Waals surface area contributed by atoms with Crippen molar-refractivity contribution >= 4 is 0 Å². The van der Waals surface area contributed by atoms with Crippen LogP contribution < -0.4 is 0 Å². The molecule has 5 nitrogen and oxygen atoms in total. The first-order chi connectivity index (χ1) is 14.5. The largest absolute Gasteiger partial charge is 0.516 e. The van der Waals surface area contributed by atoms with Gasteiger partial charge in [-0.3, -0.25) is 9.55 Å².